The van der Waals surface area contributed by atoms with Crippen LogP contribution in [0.25, 0.3) is 0 Å². The molecule has 0 radical (unpaired) electrons. The van der Waals surface area contributed by atoms with Crippen molar-refractivity contribution < 1.29 is 52.5 Å². The molecule has 3 rings (SSSR count). The van der Waals surface area contributed by atoms with E-state index in [2.05, 4.69) is 36.9 Å². The smallest absolute Gasteiger partial charge is 0.414 e. The Bertz CT molecular complexity index is 2140. The lowest BCUT2D eigenvalue weighted by Gasteiger charge is -2.26. The van der Waals surface area contributed by atoms with Crippen molar-refractivity contribution in [3.63, 3.8) is 0 Å². The predicted octanol–water partition coefficient (Wildman–Crippen LogP) is 6.33. The van der Waals surface area contributed by atoms with E-state index in [1.54, 1.807) is 101 Å². The molecule has 0 heterocycles. The first-order valence-corrected chi connectivity index (χ1v) is 22.7. The van der Waals surface area contributed by atoms with Gasteiger partial charge in [0.25, 0.3) is 0 Å². The van der Waals surface area contributed by atoms with Crippen molar-refractivity contribution in [2.75, 3.05) is 13.1 Å². The molecular formula is C50H66N8O11. The molecule has 0 unspecified atom stereocenters. The van der Waals surface area contributed by atoms with E-state index < -0.39 is 65.8 Å². The number of unbranched alkanes of at least 4 members (excludes halogenated alkanes) is 1. The van der Waals surface area contributed by atoms with E-state index in [0.717, 1.165) is 16.7 Å². The molecule has 0 aliphatic rings. The highest BCUT2D eigenvalue weighted by Gasteiger charge is 2.30. The van der Waals surface area contributed by atoms with Crippen molar-refractivity contribution >= 4 is 48.1 Å². The highest BCUT2D eigenvalue weighted by atomic mass is 16.6. The largest absolute Gasteiger partial charge is 0.445 e. The Balaban J connectivity index is 1.72. The van der Waals surface area contributed by atoms with Gasteiger partial charge in [-0.15, -0.1) is 0 Å². The maximum Gasteiger partial charge on any atom is 0.414 e. The number of nitrogens with two attached hydrogens (primary N) is 1. The fourth-order valence-electron chi connectivity index (χ4n) is 6.24. The molecule has 19 heteroatoms. The minimum absolute atomic E-state index is 0.00377. The Hall–Kier alpha value is -7.70. The third-order valence-electron chi connectivity index (χ3n) is 9.68. The molecule has 19 nitrogen and oxygen atoms in total. The third-order valence-corrected chi connectivity index (χ3v) is 9.68. The molecule has 372 valence electrons. The lowest BCUT2D eigenvalue weighted by molar-refractivity contribution is -0.132. The number of hydrogen-bond donors (Lipinski definition) is 7. The summed E-state index contributed by atoms with van der Waals surface area (Å²) in [5.74, 6) is -2.56. The zero-order valence-electron chi connectivity index (χ0n) is 39.9. The predicted molar refractivity (Wildman–Crippen MR) is 259 cm³/mol. The van der Waals surface area contributed by atoms with Crippen LogP contribution in [0.5, 0.6) is 0 Å². The number of aliphatic imine (C=N–C) groups is 1. The number of benzene rings is 3. The van der Waals surface area contributed by atoms with Crippen LogP contribution in [0.3, 0.4) is 0 Å². The van der Waals surface area contributed by atoms with Crippen LogP contribution >= 0.6 is 0 Å². The number of rotatable bonds is 24. The van der Waals surface area contributed by atoms with Gasteiger partial charge in [0.15, 0.2) is 0 Å². The standard InChI is InChI=1S/C50H66N8O11/c1-6-20-35(7-2)31-41(44(61)54-39(42(51)59)27-17-18-29-53-46(62)66-32-36-21-11-8-12-22-36)55-43(60)40(56-49(65)69-50(3,4)5)28-19-30-52-45(57-47(63)67-33-37-23-13-9-14-24-37)58-48(64)68-34-38-25-15-10-16-26-38/h6-16,20-26,39-41H,17-19,27-34H2,1-5H3,(H2,51,59)(H,53,62)(H,54,61)(H,55,60)(H,56,65)(H2,52,57,58,63,64)/b20-6-,35-7+/t39-,40+,41-/m0/s1. The number of nitrogens with one attached hydrogen (secondary N) is 6. The average Bonchev–Trinajstić information content (AvgIpc) is 3.32. The third kappa shape index (κ3) is 24.1. The van der Waals surface area contributed by atoms with Gasteiger partial charge >= 0.3 is 24.4 Å². The minimum atomic E-state index is -1.28. The molecule has 7 amide bonds. The number of carbonyl (C=O) groups is 7. The van der Waals surface area contributed by atoms with E-state index in [9.17, 15) is 33.6 Å². The fraction of sp³-hybridized carbons (Fsp3) is 0.400. The van der Waals surface area contributed by atoms with Gasteiger partial charge in [-0.3, -0.25) is 30.0 Å². The summed E-state index contributed by atoms with van der Waals surface area (Å²) < 4.78 is 21.3. The number of guanidine groups is 1. The Morgan fingerprint density at radius 1 is 0.609 bits per heavy atom. The first-order chi connectivity index (χ1) is 33.0. The van der Waals surface area contributed by atoms with Gasteiger partial charge in [-0.2, -0.15) is 0 Å². The molecule has 0 spiro atoms. The molecule has 0 bridgehead atoms. The zero-order valence-corrected chi connectivity index (χ0v) is 39.9. The van der Waals surface area contributed by atoms with Crippen LogP contribution in [0.1, 0.15) is 89.8 Å². The molecule has 0 saturated heterocycles. The van der Waals surface area contributed by atoms with Crippen LogP contribution in [0.4, 0.5) is 19.2 Å². The maximum absolute atomic E-state index is 14.1. The Labute approximate surface area is 403 Å². The van der Waals surface area contributed by atoms with Crippen molar-refractivity contribution in [3.8, 4) is 0 Å². The molecule has 0 aromatic heterocycles. The molecule has 3 aromatic carbocycles. The first-order valence-electron chi connectivity index (χ1n) is 22.7. The SMILES string of the molecule is C/C=C\C(=C/C)C[C@H](NC(=O)[C@@H](CCCN=C(NC(=O)OCc1ccccc1)NC(=O)OCc1ccccc1)NC(=O)OC(C)(C)C)C(=O)N[C@@H](CCCCNC(=O)OCc1ccccc1)C(N)=O. The van der Waals surface area contributed by atoms with Gasteiger partial charge in [0.05, 0.1) is 0 Å². The van der Waals surface area contributed by atoms with Gasteiger partial charge < -0.3 is 45.9 Å². The van der Waals surface area contributed by atoms with Crippen LogP contribution in [0, 0.1) is 0 Å². The lowest BCUT2D eigenvalue weighted by Crippen LogP contribution is -2.56. The second kappa shape index (κ2) is 30.6. The van der Waals surface area contributed by atoms with Gasteiger partial charge in [0.2, 0.25) is 23.7 Å². The molecule has 0 fully saturated rings. The van der Waals surface area contributed by atoms with E-state index in [0.29, 0.717) is 18.4 Å². The second-order valence-corrected chi connectivity index (χ2v) is 16.5. The van der Waals surface area contributed by atoms with Crippen LogP contribution in [-0.4, -0.2) is 84.9 Å². The topological polar surface area (TPSA) is 267 Å². The van der Waals surface area contributed by atoms with Gasteiger partial charge in [-0.1, -0.05) is 115 Å². The quantitative estimate of drug-likeness (QED) is 0.0171. The minimum Gasteiger partial charge on any atom is -0.445 e. The van der Waals surface area contributed by atoms with Gasteiger partial charge in [0.1, 0.15) is 43.5 Å². The Morgan fingerprint density at radius 3 is 1.57 bits per heavy atom. The molecule has 3 aromatic rings. The van der Waals surface area contributed by atoms with E-state index in [1.807, 2.05) is 42.5 Å². The summed E-state index contributed by atoms with van der Waals surface area (Å²) >= 11 is 0. The molecule has 69 heavy (non-hydrogen) atoms. The summed E-state index contributed by atoms with van der Waals surface area (Å²) in [6, 6.07) is 23.4. The van der Waals surface area contributed by atoms with E-state index >= 15 is 0 Å². The highest BCUT2D eigenvalue weighted by Crippen LogP contribution is 2.13. The molecular weight excluding hydrogens is 889 g/mol. The van der Waals surface area contributed by atoms with Crippen LogP contribution in [-0.2, 0) is 53.2 Å². The zero-order chi connectivity index (χ0) is 50.4. The van der Waals surface area contributed by atoms with Crippen molar-refractivity contribution in [1.82, 2.24) is 31.9 Å². The van der Waals surface area contributed by atoms with E-state index in [1.165, 1.54) is 0 Å². The van der Waals surface area contributed by atoms with Gasteiger partial charge in [-0.25, -0.2) is 19.2 Å². The second-order valence-electron chi connectivity index (χ2n) is 16.5. The lowest BCUT2D eigenvalue weighted by atomic mass is 10.0. The summed E-state index contributed by atoms with van der Waals surface area (Å²) in [5, 5.41) is 15.5. The molecule has 0 saturated carbocycles. The van der Waals surface area contributed by atoms with E-state index in [-0.39, 0.29) is 64.6 Å². The van der Waals surface area contributed by atoms with Crippen molar-refractivity contribution in [3.05, 3.63) is 131 Å². The number of nitrogens with zero attached hydrogens (tertiary/aromatic N) is 1. The average molecular weight is 955 g/mol. The molecule has 0 aliphatic heterocycles. The number of allylic oxidation sites excluding steroid dienone is 3. The van der Waals surface area contributed by atoms with Crippen molar-refractivity contribution in [1.29, 1.82) is 0 Å². The number of carbonyl (C=O) groups excluding carboxylic acids is 7. The van der Waals surface area contributed by atoms with Crippen molar-refractivity contribution in [2.45, 2.75) is 117 Å². The summed E-state index contributed by atoms with van der Waals surface area (Å²) in [4.78, 5) is 95.8. The first kappa shape index (κ1) is 55.6. The Morgan fingerprint density at radius 2 is 1.09 bits per heavy atom. The molecule has 0 aliphatic carbocycles. The fourth-order valence-corrected chi connectivity index (χ4v) is 6.24. The highest BCUT2D eigenvalue weighted by molar-refractivity contribution is 6.01. The normalized spacial score (nSPS) is 12.5. The van der Waals surface area contributed by atoms with Gasteiger partial charge in [-0.05, 0) is 83.4 Å². The number of ether oxygens (including phenoxy) is 4. The summed E-state index contributed by atoms with van der Waals surface area (Å²) in [6.45, 7) is 8.65. The summed E-state index contributed by atoms with van der Waals surface area (Å²) in [6.07, 6.45) is 2.96. The van der Waals surface area contributed by atoms with Crippen LogP contribution in [0.15, 0.2) is 120 Å². The Kier molecular flexibility index (Phi) is 24.6. The monoisotopic (exact) mass is 954 g/mol. The number of primary amides is 1. The number of hydrogen-bond acceptors (Lipinski definition) is 12. The van der Waals surface area contributed by atoms with Gasteiger partial charge in [0, 0.05) is 19.5 Å². The summed E-state index contributed by atoms with van der Waals surface area (Å²) in [7, 11) is 0. The number of amides is 7. The van der Waals surface area contributed by atoms with Crippen LogP contribution in [0.2, 0.25) is 0 Å². The number of alkyl carbamates (subject to hydrolysis) is 4. The molecule has 8 N–H and O–H groups in total. The van der Waals surface area contributed by atoms with E-state index in [4.69, 9.17) is 24.7 Å². The van der Waals surface area contributed by atoms with Crippen LogP contribution < -0.4 is 37.6 Å². The molecule has 3 atom stereocenters. The maximum atomic E-state index is 14.1. The summed E-state index contributed by atoms with van der Waals surface area (Å²) in [5.41, 5.74) is 7.75. The van der Waals surface area contributed by atoms with Crippen molar-refractivity contribution in [2.24, 2.45) is 10.7 Å².